The third-order valence-electron chi connectivity index (χ3n) is 2.92. The molecule has 1 aromatic rings. The van der Waals surface area contributed by atoms with Crippen LogP contribution < -0.4 is 5.73 Å². The van der Waals surface area contributed by atoms with Crippen molar-refractivity contribution in [2.24, 2.45) is 0 Å². The predicted molar refractivity (Wildman–Crippen MR) is 58.0 cm³/mol. The first-order chi connectivity index (χ1) is 6.56. The Kier molecular flexibility index (Phi) is 2.04. The highest BCUT2D eigenvalue weighted by Crippen LogP contribution is 2.46. The van der Waals surface area contributed by atoms with Crippen LogP contribution in [-0.2, 0) is 10.3 Å². The smallest absolute Gasteiger partial charge is 0.0888 e. The molecular formula is C12H17NO. The van der Waals surface area contributed by atoms with Gasteiger partial charge in [-0.05, 0) is 31.9 Å². The number of nitrogen functional groups attached to an aromatic ring is 1. The Bertz CT molecular complexity index is 357. The molecule has 2 nitrogen and oxygen atoms in total. The normalized spacial score (nSPS) is 23.5. The molecule has 0 aliphatic carbocycles. The van der Waals surface area contributed by atoms with Crippen molar-refractivity contribution >= 4 is 5.69 Å². The van der Waals surface area contributed by atoms with E-state index in [2.05, 4.69) is 26.8 Å². The van der Waals surface area contributed by atoms with Gasteiger partial charge in [0.05, 0.1) is 11.7 Å². The van der Waals surface area contributed by atoms with Gasteiger partial charge in [-0.15, -0.1) is 0 Å². The molecule has 0 saturated carbocycles. The highest BCUT2D eigenvalue weighted by atomic mass is 16.5. The fraction of sp³-hybridized carbons (Fsp3) is 0.500. The number of nitrogens with two attached hydrogens (primary N) is 1. The minimum atomic E-state index is -0.189. The second kappa shape index (κ2) is 2.99. The van der Waals surface area contributed by atoms with Crippen LogP contribution in [0.1, 0.15) is 44.4 Å². The Morgan fingerprint density at radius 1 is 1.43 bits per heavy atom. The Morgan fingerprint density at radius 3 is 2.79 bits per heavy atom. The second-order valence-electron chi connectivity index (χ2n) is 4.33. The fourth-order valence-corrected chi connectivity index (χ4v) is 2.23. The SMILES string of the molecule is CC[C@H]1OC(C)(C)c2cccc(N)c21. The molecule has 0 spiro atoms. The molecule has 0 bridgehead atoms. The maximum absolute atomic E-state index is 5.98. The summed E-state index contributed by atoms with van der Waals surface area (Å²) in [5.74, 6) is 0. The van der Waals surface area contributed by atoms with Crippen LogP contribution in [0.5, 0.6) is 0 Å². The molecule has 1 aliphatic heterocycles. The van der Waals surface area contributed by atoms with Crippen molar-refractivity contribution in [3.8, 4) is 0 Å². The van der Waals surface area contributed by atoms with E-state index >= 15 is 0 Å². The zero-order valence-electron chi connectivity index (χ0n) is 9.00. The number of rotatable bonds is 1. The van der Waals surface area contributed by atoms with E-state index in [4.69, 9.17) is 10.5 Å². The molecular weight excluding hydrogens is 174 g/mol. The van der Waals surface area contributed by atoms with Crippen LogP contribution in [0.3, 0.4) is 0 Å². The standard InChI is InChI=1S/C12H17NO/c1-4-10-11-8(12(2,3)14-10)6-5-7-9(11)13/h5-7,10H,4,13H2,1-3H3/t10-/m1/s1. The maximum Gasteiger partial charge on any atom is 0.0888 e. The monoisotopic (exact) mass is 191 g/mol. The summed E-state index contributed by atoms with van der Waals surface area (Å²) in [5, 5.41) is 0. The summed E-state index contributed by atoms with van der Waals surface area (Å²) in [7, 11) is 0. The summed E-state index contributed by atoms with van der Waals surface area (Å²) in [6.45, 7) is 6.32. The van der Waals surface area contributed by atoms with E-state index in [1.54, 1.807) is 0 Å². The molecule has 0 unspecified atom stereocenters. The van der Waals surface area contributed by atoms with Crippen molar-refractivity contribution in [2.75, 3.05) is 5.73 Å². The Morgan fingerprint density at radius 2 is 2.14 bits per heavy atom. The Hall–Kier alpha value is -1.02. The first-order valence-electron chi connectivity index (χ1n) is 5.13. The van der Waals surface area contributed by atoms with Crippen LogP contribution in [0, 0.1) is 0 Å². The molecule has 1 atom stereocenters. The molecule has 1 aromatic carbocycles. The molecule has 14 heavy (non-hydrogen) atoms. The highest BCUT2D eigenvalue weighted by molar-refractivity contribution is 5.55. The number of fused-ring (bicyclic) bond motifs is 1. The van der Waals surface area contributed by atoms with Crippen molar-refractivity contribution < 1.29 is 4.74 Å². The van der Waals surface area contributed by atoms with E-state index in [0.29, 0.717) is 0 Å². The van der Waals surface area contributed by atoms with E-state index in [9.17, 15) is 0 Å². The van der Waals surface area contributed by atoms with E-state index in [0.717, 1.165) is 12.1 Å². The molecule has 0 radical (unpaired) electrons. The lowest BCUT2D eigenvalue weighted by Gasteiger charge is -2.19. The predicted octanol–water partition coefficient (Wildman–Crippen LogP) is 2.99. The summed E-state index contributed by atoms with van der Waals surface area (Å²) in [6, 6.07) is 6.06. The number of benzene rings is 1. The molecule has 76 valence electrons. The first-order valence-corrected chi connectivity index (χ1v) is 5.13. The van der Waals surface area contributed by atoms with Gasteiger partial charge in [-0.2, -0.15) is 0 Å². The van der Waals surface area contributed by atoms with Gasteiger partial charge < -0.3 is 10.5 Å². The van der Waals surface area contributed by atoms with E-state index in [1.165, 1.54) is 11.1 Å². The van der Waals surface area contributed by atoms with Gasteiger partial charge in [-0.25, -0.2) is 0 Å². The van der Waals surface area contributed by atoms with Crippen molar-refractivity contribution in [1.82, 2.24) is 0 Å². The minimum absolute atomic E-state index is 0.168. The molecule has 1 heterocycles. The van der Waals surface area contributed by atoms with Crippen molar-refractivity contribution in [3.05, 3.63) is 29.3 Å². The fourth-order valence-electron chi connectivity index (χ4n) is 2.23. The Balaban J connectivity index is 2.59. The van der Waals surface area contributed by atoms with Gasteiger partial charge in [-0.1, -0.05) is 19.1 Å². The maximum atomic E-state index is 5.98. The molecule has 2 heteroatoms. The number of hydrogen-bond acceptors (Lipinski definition) is 2. The minimum Gasteiger partial charge on any atom is -0.398 e. The average molecular weight is 191 g/mol. The van der Waals surface area contributed by atoms with Gasteiger partial charge in [0.15, 0.2) is 0 Å². The Labute approximate surface area is 85.1 Å². The largest absolute Gasteiger partial charge is 0.398 e. The van der Waals surface area contributed by atoms with Crippen LogP contribution in [0.2, 0.25) is 0 Å². The lowest BCUT2D eigenvalue weighted by molar-refractivity contribution is -0.0530. The highest BCUT2D eigenvalue weighted by Gasteiger charge is 2.37. The molecule has 1 aliphatic rings. The molecule has 0 aromatic heterocycles. The average Bonchev–Trinajstić information content (AvgIpc) is 2.40. The topological polar surface area (TPSA) is 35.2 Å². The zero-order chi connectivity index (χ0) is 10.3. The summed E-state index contributed by atoms with van der Waals surface area (Å²) < 4.78 is 5.97. The lowest BCUT2D eigenvalue weighted by atomic mass is 9.93. The van der Waals surface area contributed by atoms with Gasteiger partial charge >= 0.3 is 0 Å². The molecule has 0 fully saturated rings. The lowest BCUT2D eigenvalue weighted by Crippen LogP contribution is -2.15. The van der Waals surface area contributed by atoms with Crippen LogP contribution in [0.25, 0.3) is 0 Å². The number of anilines is 1. The summed E-state index contributed by atoms with van der Waals surface area (Å²) >= 11 is 0. The van der Waals surface area contributed by atoms with Crippen LogP contribution in [0.15, 0.2) is 18.2 Å². The number of ether oxygens (including phenoxy) is 1. The van der Waals surface area contributed by atoms with Gasteiger partial charge in [-0.3, -0.25) is 0 Å². The van der Waals surface area contributed by atoms with E-state index in [1.807, 2.05) is 12.1 Å². The van der Waals surface area contributed by atoms with Gasteiger partial charge in [0.2, 0.25) is 0 Å². The van der Waals surface area contributed by atoms with Gasteiger partial charge in [0.25, 0.3) is 0 Å². The van der Waals surface area contributed by atoms with E-state index in [-0.39, 0.29) is 11.7 Å². The third-order valence-corrected chi connectivity index (χ3v) is 2.92. The van der Waals surface area contributed by atoms with E-state index < -0.39 is 0 Å². The summed E-state index contributed by atoms with van der Waals surface area (Å²) in [6.07, 6.45) is 1.14. The van der Waals surface area contributed by atoms with Crippen molar-refractivity contribution in [2.45, 2.75) is 38.9 Å². The van der Waals surface area contributed by atoms with Crippen molar-refractivity contribution in [1.29, 1.82) is 0 Å². The molecule has 2 N–H and O–H groups in total. The third kappa shape index (κ3) is 1.22. The van der Waals surface area contributed by atoms with Crippen molar-refractivity contribution in [3.63, 3.8) is 0 Å². The van der Waals surface area contributed by atoms with Gasteiger partial charge in [0, 0.05) is 11.3 Å². The van der Waals surface area contributed by atoms with Crippen LogP contribution in [0.4, 0.5) is 5.69 Å². The zero-order valence-corrected chi connectivity index (χ0v) is 9.00. The second-order valence-corrected chi connectivity index (χ2v) is 4.33. The molecule has 0 saturated heterocycles. The van der Waals surface area contributed by atoms with Gasteiger partial charge in [0.1, 0.15) is 0 Å². The van der Waals surface area contributed by atoms with Crippen LogP contribution >= 0.6 is 0 Å². The molecule has 2 rings (SSSR count). The molecule has 0 amide bonds. The summed E-state index contributed by atoms with van der Waals surface area (Å²) in [4.78, 5) is 0. The van der Waals surface area contributed by atoms with Crippen LogP contribution in [-0.4, -0.2) is 0 Å². The summed E-state index contributed by atoms with van der Waals surface area (Å²) in [5.41, 5.74) is 9.09. The quantitative estimate of drug-likeness (QED) is 0.692. The first kappa shape index (κ1) is 9.53. The number of hydrogen-bond donors (Lipinski definition) is 1.